The topological polar surface area (TPSA) is 68.8 Å². The summed E-state index contributed by atoms with van der Waals surface area (Å²) in [6, 6.07) is 78.7. The number of halogens is 1. The molecule has 0 aliphatic carbocycles. The van der Waals surface area contributed by atoms with Gasteiger partial charge in [-0.3, -0.25) is 4.57 Å². The minimum absolute atomic E-state index is 0.0619. The smallest absolute Gasteiger partial charge is 0.238 e. The van der Waals surface area contributed by atoms with Crippen LogP contribution in [0, 0.1) is 5.82 Å². The molecule has 0 fully saturated rings. The minimum Gasteiger partial charge on any atom is -0.507 e. The Kier molecular flexibility index (Phi) is 9.73. The van der Waals surface area contributed by atoms with Crippen LogP contribution < -0.4 is 0 Å². The van der Waals surface area contributed by atoms with Gasteiger partial charge in [0.2, 0.25) is 5.95 Å². The van der Waals surface area contributed by atoms with Crippen molar-refractivity contribution in [3.8, 4) is 84.7 Å². The first-order valence-corrected chi connectivity index (χ1v) is 23.3. The van der Waals surface area contributed by atoms with Crippen molar-refractivity contribution in [2.24, 2.45) is 0 Å². The van der Waals surface area contributed by atoms with Crippen molar-refractivity contribution in [3.63, 3.8) is 0 Å². The van der Waals surface area contributed by atoms with Crippen LogP contribution >= 0.6 is 0 Å². The molecule has 330 valence electrons. The van der Waals surface area contributed by atoms with Crippen LogP contribution in [-0.2, 0) is 0 Å². The summed E-state index contributed by atoms with van der Waals surface area (Å²) in [7, 11) is 0. The highest BCUT2D eigenvalue weighted by Gasteiger charge is 2.26. The summed E-state index contributed by atoms with van der Waals surface area (Å²) in [6.45, 7) is 0. The molecule has 13 aromatic rings. The Morgan fingerprint density at radius 3 is 1.43 bits per heavy atom. The van der Waals surface area contributed by atoms with Crippen LogP contribution in [0.25, 0.3) is 123 Å². The van der Waals surface area contributed by atoms with E-state index in [2.05, 4.69) is 137 Å². The van der Waals surface area contributed by atoms with Crippen LogP contribution in [0.2, 0.25) is 0 Å². The lowest BCUT2D eigenvalue weighted by Crippen LogP contribution is -2.08. The summed E-state index contributed by atoms with van der Waals surface area (Å²) in [5, 5.41) is 16.0. The van der Waals surface area contributed by atoms with Gasteiger partial charge < -0.3 is 9.67 Å². The number of hydrogen-bond acceptors (Lipinski definition) is 4. The molecular weight excluding hydrogens is 862 g/mol. The van der Waals surface area contributed by atoms with Gasteiger partial charge in [-0.15, -0.1) is 0 Å². The lowest BCUT2D eigenvalue weighted by atomic mass is 9.90. The zero-order valence-electron chi connectivity index (χ0n) is 37.6. The fraction of sp³-hybridized carbons (Fsp3) is 0. The molecule has 0 aliphatic heterocycles. The number of rotatable bonds is 8. The number of phenols is 1. The largest absolute Gasteiger partial charge is 0.507 e. The molecule has 70 heavy (non-hydrogen) atoms. The molecule has 7 heteroatoms. The molecule has 1 N–H and O–H groups in total. The van der Waals surface area contributed by atoms with Gasteiger partial charge in [-0.1, -0.05) is 200 Å². The first kappa shape index (κ1) is 40.8. The molecule has 0 saturated heterocycles. The second-order valence-electron chi connectivity index (χ2n) is 17.4. The zero-order valence-corrected chi connectivity index (χ0v) is 37.6. The molecule has 10 aromatic carbocycles. The number of benzene rings is 10. The Bertz CT molecular complexity index is 4110. The Morgan fingerprint density at radius 2 is 0.800 bits per heavy atom. The van der Waals surface area contributed by atoms with E-state index >= 15 is 4.39 Å². The number of hydrogen-bond donors (Lipinski definition) is 1. The van der Waals surface area contributed by atoms with Gasteiger partial charge in [-0.05, 0) is 69.8 Å². The number of aromatic hydroxyl groups is 1. The molecule has 0 amide bonds. The van der Waals surface area contributed by atoms with Crippen LogP contribution in [-0.4, -0.2) is 29.2 Å². The lowest BCUT2D eigenvalue weighted by molar-refractivity contribution is 0.477. The van der Waals surface area contributed by atoms with E-state index in [9.17, 15) is 5.11 Å². The molecule has 3 aromatic heterocycles. The minimum atomic E-state index is -0.520. The van der Waals surface area contributed by atoms with Crippen LogP contribution in [0.4, 0.5) is 4.39 Å². The van der Waals surface area contributed by atoms with Crippen molar-refractivity contribution in [2.75, 3.05) is 0 Å². The van der Waals surface area contributed by atoms with Gasteiger partial charge in [-0.2, -0.15) is 9.97 Å². The normalized spacial score (nSPS) is 11.6. The monoisotopic (exact) mass is 901 g/mol. The summed E-state index contributed by atoms with van der Waals surface area (Å²) in [6.07, 6.45) is 0. The molecule has 0 unspecified atom stereocenters. The van der Waals surface area contributed by atoms with Crippen molar-refractivity contribution in [2.45, 2.75) is 0 Å². The van der Waals surface area contributed by atoms with Crippen LogP contribution in [0.1, 0.15) is 0 Å². The van der Waals surface area contributed by atoms with E-state index in [1.54, 1.807) is 18.2 Å². The SMILES string of the molecule is Oc1cccc(-c2ccccc2)c1-c1c(F)cccc1-c1nc(-c2ccc(-c3ccccc3)cc2)nc(-n2c3ccccc3c3ccc4c5ccccc5n(-c5ccc(-c6ccccc6)cc5)c4c32)n1. The Labute approximate surface area is 402 Å². The third-order valence-electron chi connectivity index (χ3n) is 13.4. The van der Waals surface area contributed by atoms with Gasteiger partial charge in [0, 0.05) is 49.5 Å². The standard InChI is InChI=1S/C63H40FN5O/c64-53-26-14-25-52(57(53)58-47(24-15-29-56(58)70)44-20-8-3-9-21-44)62-65-61(45-32-30-42(31-33-45)40-16-4-1-5-17-40)66-63(67-62)69-55-28-13-11-23-49(55)51-39-38-50-48-22-10-12-27-54(48)68(59(50)60(51)69)46-36-34-43(35-37-46)41-18-6-2-7-19-41/h1-39,70H. The summed E-state index contributed by atoms with van der Waals surface area (Å²) >= 11 is 0. The van der Waals surface area contributed by atoms with Gasteiger partial charge in [0.25, 0.3) is 0 Å². The Morgan fingerprint density at radius 1 is 0.329 bits per heavy atom. The van der Waals surface area contributed by atoms with Gasteiger partial charge in [0.1, 0.15) is 11.6 Å². The number of aromatic nitrogens is 5. The second kappa shape index (κ2) is 16.7. The molecule has 0 spiro atoms. The quantitative estimate of drug-likeness (QED) is 0.165. The van der Waals surface area contributed by atoms with Crippen molar-refractivity contribution >= 4 is 43.6 Å². The van der Waals surface area contributed by atoms with Crippen molar-refractivity contribution in [1.82, 2.24) is 24.1 Å². The molecule has 0 atom stereocenters. The van der Waals surface area contributed by atoms with Crippen molar-refractivity contribution in [3.05, 3.63) is 242 Å². The first-order valence-electron chi connectivity index (χ1n) is 23.3. The Balaban J connectivity index is 1.11. The highest BCUT2D eigenvalue weighted by atomic mass is 19.1. The summed E-state index contributed by atoms with van der Waals surface area (Å²) in [5.74, 6) is 0.434. The van der Waals surface area contributed by atoms with Gasteiger partial charge >= 0.3 is 0 Å². The fourth-order valence-electron chi connectivity index (χ4n) is 10.2. The van der Waals surface area contributed by atoms with Gasteiger partial charge in [-0.25, -0.2) is 9.37 Å². The molecule has 13 rings (SSSR count). The van der Waals surface area contributed by atoms with Gasteiger partial charge in [0.15, 0.2) is 11.6 Å². The average molecular weight is 902 g/mol. The number of nitrogens with zero attached hydrogens (tertiary/aromatic N) is 5. The van der Waals surface area contributed by atoms with Crippen LogP contribution in [0.3, 0.4) is 0 Å². The van der Waals surface area contributed by atoms with E-state index in [1.807, 2.05) is 84.9 Å². The molecule has 0 radical (unpaired) electrons. The number of fused-ring (bicyclic) bond motifs is 7. The predicted octanol–water partition coefficient (Wildman–Crippen LogP) is 15.9. The molecule has 0 aliphatic rings. The maximum Gasteiger partial charge on any atom is 0.238 e. The highest BCUT2D eigenvalue weighted by Crippen LogP contribution is 2.46. The van der Waals surface area contributed by atoms with E-state index < -0.39 is 5.82 Å². The molecular formula is C63H40FN5O. The average Bonchev–Trinajstić information content (AvgIpc) is 3.95. The van der Waals surface area contributed by atoms with Crippen LogP contribution in [0.5, 0.6) is 5.75 Å². The summed E-state index contributed by atoms with van der Waals surface area (Å²) < 4.78 is 21.4. The maximum atomic E-state index is 16.9. The van der Waals surface area contributed by atoms with Crippen LogP contribution in [0.15, 0.2) is 237 Å². The second-order valence-corrected chi connectivity index (χ2v) is 17.4. The van der Waals surface area contributed by atoms with Gasteiger partial charge in [0.05, 0.1) is 22.1 Å². The number of phenolic OH excluding ortho intramolecular Hbond substituents is 1. The van der Waals surface area contributed by atoms with E-state index in [0.29, 0.717) is 28.5 Å². The van der Waals surface area contributed by atoms with E-state index in [0.717, 1.165) is 82.7 Å². The van der Waals surface area contributed by atoms with E-state index in [-0.39, 0.29) is 17.1 Å². The lowest BCUT2D eigenvalue weighted by Gasteiger charge is -2.17. The zero-order chi connectivity index (χ0) is 46.7. The first-order chi connectivity index (χ1) is 34.6. The van der Waals surface area contributed by atoms with E-state index in [4.69, 9.17) is 15.0 Å². The predicted molar refractivity (Wildman–Crippen MR) is 283 cm³/mol. The molecule has 3 heterocycles. The maximum absolute atomic E-state index is 16.9. The molecule has 0 saturated carbocycles. The highest BCUT2D eigenvalue weighted by molar-refractivity contribution is 6.23. The fourth-order valence-corrected chi connectivity index (χ4v) is 10.2. The van der Waals surface area contributed by atoms with E-state index in [1.165, 1.54) is 6.07 Å². The Hall–Kier alpha value is -9.46. The molecule has 0 bridgehead atoms. The van der Waals surface area contributed by atoms with Crippen molar-refractivity contribution in [1.29, 1.82) is 0 Å². The number of para-hydroxylation sites is 2. The summed E-state index contributed by atoms with van der Waals surface area (Å²) in [4.78, 5) is 16.0. The third kappa shape index (κ3) is 6.74. The van der Waals surface area contributed by atoms with Crippen molar-refractivity contribution < 1.29 is 9.50 Å². The third-order valence-corrected chi connectivity index (χ3v) is 13.4. The molecule has 6 nitrogen and oxygen atoms in total. The summed E-state index contributed by atoms with van der Waals surface area (Å²) in [5.41, 5.74) is 12.5.